The van der Waals surface area contributed by atoms with Crippen molar-refractivity contribution in [2.45, 2.75) is 13.8 Å². The number of amides is 1. The Bertz CT molecular complexity index is 906. The van der Waals surface area contributed by atoms with Crippen LogP contribution >= 0.6 is 22.9 Å². The number of aromatic nitrogens is 1. The van der Waals surface area contributed by atoms with Crippen molar-refractivity contribution < 1.29 is 18.8 Å². The smallest absolute Gasteiger partial charge is 0.295 e. The molecule has 1 aromatic carbocycles. The molecule has 8 heteroatoms. The average Bonchev–Trinajstić information content (AvgIpc) is 3.36. The molecule has 2 heterocycles. The highest BCUT2D eigenvalue weighted by Gasteiger charge is 2.25. The normalized spacial score (nSPS) is 11.3. The van der Waals surface area contributed by atoms with Gasteiger partial charge >= 0.3 is 0 Å². The Kier molecular flexibility index (Phi) is 6.36. The molecule has 0 unspecified atom stereocenters. The number of quaternary nitrogens is 1. The van der Waals surface area contributed by atoms with Crippen LogP contribution in [0.4, 0.5) is 5.13 Å². The van der Waals surface area contributed by atoms with Crippen molar-refractivity contribution in [3.63, 3.8) is 0 Å². The lowest BCUT2D eigenvalue weighted by Gasteiger charge is -2.22. The molecule has 0 aliphatic rings. The van der Waals surface area contributed by atoms with E-state index in [1.165, 1.54) is 22.5 Å². The second-order valence-corrected chi connectivity index (χ2v) is 7.45. The van der Waals surface area contributed by atoms with Gasteiger partial charge in [0.15, 0.2) is 10.9 Å². The summed E-state index contributed by atoms with van der Waals surface area (Å²) < 4.78 is 11.5. The number of halogens is 1. The molecule has 3 rings (SSSR count). The molecule has 0 aliphatic heterocycles. The minimum Gasteiger partial charge on any atom is -0.494 e. The van der Waals surface area contributed by atoms with E-state index in [9.17, 15) is 4.79 Å². The SMILES string of the molecule is CC[NH+](CC)CCN(C(=O)c1ccco1)c1nc2c(OC)ccc(Cl)c2s1. The number of nitrogens with one attached hydrogen (secondary N) is 1. The van der Waals surface area contributed by atoms with E-state index in [0.717, 1.165) is 24.3 Å². The van der Waals surface area contributed by atoms with Crippen LogP contribution in [0.15, 0.2) is 34.9 Å². The number of ether oxygens (including phenoxy) is 1. The molecule has 0 atom stereocenters. The number of hydrogen-bond acceptors (Lipinski definition) is 5. The van der Waals surface area contributed by atoms with E-state index in [-0.39, 0.29) is 5.91 Å². The lowest BCUT2D eigenvalue weighted by molar-refractivity contribution is -0.894. The lowest BCUT2D eigenvalue weighted by atomic mass is 10.3. The molecule has 144 valence electrons. The first-order valence-electron chi connectivity index (χ1n) is 8.91. The van der Waals surface area contributed by atoms with Crippen LogP contribution in [0.25, 0.3) is 10.2 Å². The fourth-order valence-electron chi connectivity index (χ4n) is 2.91. The Hall–Kier alpha value is -2.09. The summed E-state index contributed by atoms with van der Waals surface area (Å²) in [7, 11) is 1.59. The van der Waals surface area contributed by atoms with Crippen LogP contribution in [0.5, 0.6) is 5.75 Å². The number of anilines is 1. The van der Waals surface area contributed by atoms with E-state index < -0.39 is 0 Å². The maximum absolute atomic E-state index is 13.0. The topological polar surface area (TPSA) is 60.0 Å². The van der Waals surface area contributed by atoms with Crippen molar-refractivity contribution in [1.29, 1.82) is 0 Å². The summed E-state index contributed by atoms with van der Waals surface area (Å²) >= 11 is 7.73. The first kappa shape index (κ1) is 19.7. The van der Waals surface area contributed by atoms with Gasteiger partial charge in [0.05, 0.1) is 49.3 Å². The Labute approximate surface area is 167 Å². The van der Waals surface area contributed by atoms with Gasteiger partial charge in [0.2, 0.25) is 0 Å². The van der Waals surface area contributed by atoms with Crippen LogP contribution in [0, 0.1) is 0 Å². The van der Waals surface area contributed by atoms with Gasteiger partial charge in [0.1, 0.15) is 11.3 Å². The van der Waals surface area contributed by atoms with Crippen molar-refractivity contribution >= 4 is 44.2 Å². The van der Waals surface area contributed by atoms with Crippen LogP contribution in [-0.2, 0) is 0 Å². The maximum atomic E-state index is 13.0. The molecule has 1 N–H and O–H groups in total. The molecule has 2 aromatic heterocycles. The molecule has 0 radical (unpaired) electrons. The number of methoxy groups -OCH3 is 1. The van der Waals surface area contributed by atoms with Gasteiger partial charge in [0, 0.05) is 0 Å². The first-order valence-corrected chi connectivity index (χ1v) is 10.1. The summed E-state index contributed by atoms with van der Waals surface area (Å²) in [6.07, 6.45) is 1.50. The monoisotopic (exact) mass is 408 g/mol. The number of carbonyl (C=O) groups is 1. The predicted octanol–water partition coefficient (Wildman–Crippen LogP) is 3.12. The molecule has 27 heavy (non-hydrogen) atoms. The van der Waals surface area contributed by atoms with Gasteiger partial charge in [-0.1, -0.05) is 22.9 Å². The van der Waals surface area contributed by atoms with Crippen molar-refractivity contribution in [1.82, 2.24) is 4.98 Å². The Morgan fingerprint density at radius 1 is 1.33 bits per heavy atom. The number of likely N-dealkylation sites (N-methyl/N-ethyl adjacent to an activating group) is 1. The number of furan rings is 1. The van der Waals surface area contributed by atoms with Crippen LogP contribution < -0.4 is 14.5 Å². The number of benzene rings is 1. The number of fused-ring (bicyclic) bond motifs is 1. The quantitative estimate of drug-likeness (QED) is 0.622. The molecule has 0 aliphatic carbocycles. The molecular weight excluding hydrogens is 386 g/mol. The molecule has 0 bridgehead atoms. The minimum absolute atomic E-state index is 0.208. The van der Waals surface area contributed by atoms with Gasteiger partial charge in [-0.25, -0.2) is 4.98 Å². The van der Waals surface area contributed by atoms with E-state index in [2.05, 4.69) is 18.8 Å². The van der Waals surface area contributed by atoms with Crippen LogP contribution in [0.1, 0.15) is 24.4 Å². The van der Waals surface area contributed by atoms with Crippen molar-refractivity contribution in [3.05, 3.63) is 41.3 Å². The summed E-state index contributed by atoms with van der Waals surface area (Å²) in [6, 6.07) is 6.94. The van der Waals surface area contributed by atoms with Crippen molar-refractivity contribution in [2.24, 2.45) is 0 Å². The number of thiazole rings is 1. The van der Waals surface area contributed by atoms with Gasteiger partial charge in [-0.3, -0.25) is 9.69 Å². The summed E-state index contributed by atoms with van der Waals surface area (Å²) in [5.41, 5.74) is 0.664. The van der Waals surface area contributed by atoms with E-state index in [4.69, 9.17) is 20.8 Å². The lowest BCUT2D eigenvalue weighted by Crippen LogP contribution is -3.12. The van der Waals surface area contributed by atoms with Crippen molar-refractivity contribution in [3.8, 4) is 5.75 Å². The average molecular weight is 409 g/mol. The zero-order chi connectivity index (χ0) is 19.4. The number of nitrogens with zero attached hydrogens (tertiary/aromatic N) is 2. The highest BCUT2D eigenvalue weighted by Crippen LogP contribution is 2.38. The third-order valence-corrected chi connectivity index (χ3v) is 6.10. The predicted molar refractivity (Wildman–Crippen MR) is 108 cm³/mol. The summed E-state index contributed by atoms with van der Waals surface area (Å²) in [6.45, 7) is 7.63. The molecular formula is C19H23ClN3O3S+. The zero-order valence-corrected chi connectivity index (χ0v) is 17.2. The summed E-state index contributed by atoms with van der Waals surface area (Å²) in [5.74, 6) is 0.722. The van der Waals surface area contributed by atoms with Gasteiger partial charge < -0.3 is 14.1 Å². The zero-order valence-electron chi connectivity index (χ0n) is 15.6. The Morgan fingerprint density at radius 2 is 2.11 bits per heavy atom. The molecule has 0 saturated heterocycles. The molecule has 6 nitrogen and oxygen atoms in total. The molecule has 0 spiro atoms. The second kappa shape index (κ2) is 8.73. The summed E-state index contributed by atoms with van der Waals surface area (Å²) in [4.78, 5) is 20.8. The number of rotatable bonds is 8. The maximum Gasteiger partial charge on any atom is 0.295 e. The van der Waals surface area contributed by atoms with E-state index in [1.807, 2.05) is 0 Å². The van der Waals surface area contributed by atoms with Gasteiger partial charge in [0.25, 0.3) is 5.91 Å². The molecule has 1 amide bonds. The minimum atomic E-state index is -0.208. The second-order valence-electron chi connectivity index (χ2n) is 6.07. The highest BCUT2D eigenvalue weighted by molar-refractivity contribution is 7.23. The standard InChI is InChI=1S/C19H22ClN3O3S/c1-4-22(5-2)10-11-23(18(24)15-7-6-12-26-15)19-21-16-14(25-3)9-8-13(20)17(16)27-19/h6-9,12H,4-5,10-11H2,1-3H3/p+1. The largest absolute Gasteiger partial charge is 0.494 e. The molecule has 3 aromatic rings. The number of carbonyl (C=O) groups excluding carboxylic acids is 1. The Balaban J connectivity index is 2.00. The van der Waals surface area contributed by atoms with Crippen LogP contribution in [0.2, 0.25) is 5.02 Å². The van der Waals surface area contributed by atoms with Crippen LogP contribution in [0.3, 0.4) is 0 Å². The molecule has 0 saturated carbocycles. The van der Waals surface area contributed by atoms with E-state index in [1.54, 1.807) is 36.3 Å². The van der Waals surface area contributed by atoms with Crippen LogP contribution in [-0.4, -0.2) is 44.2 Å². The third-order valence-electron chi connectivity index (χ3n) is 4.56. The fraction of sp³-hybridized carbons (Fsp3) is 0.368. The van der Waals surface area contributed by atoms with E-state index >= 15 is 0 Å². The first-order chi connectivity index (χ1) is 13.1. The Morgan fingerprint density at radius 3 is 2.74 bits per heavy atom. The van der Waals surface area contributed by atoms with E-state index in [0.29, 0.717) is 33.7 Å². The fourth-order valence-corrected chi connectivity index (χ4v) is 4.19. The van der Waals surface area contributed by atoms with Crippen molar-refractivity contribution in [2.75, 3.05) is 38.2 Å². The number of hydrogen-bond donors (Lipinski definition) is 1. The highest BCUT2D eigenvalue weighted by atomic mass is 35.5. The van der Waals surface area contributed by atoms with Gasteiger partial charge in [-0.2, -0.15) is 0 Å². The summed E-state index contributed by atoms with van der Waals surface area (Å²) in [5, 5.41) is 1.18. The van der Waals surface area contributed by atoms with Gasteiger partial charge in [-0.15, -0.1) is 0 Å². The molecule has 0 fully saturated rings. The van der Waals surface area contributed by atoms with Gasteiger partial charge in [-0.05, 0) is 38.1 Å². The third kappa shape index (κ3) is 4.10.